The standard InChI is InChI=1S/C29H30N2O4S/c1-6-34-28(32)23-17(3)30-18(4)24(29(33)35-7-2)25(23)21-14-11-15-22(16-21)27-31-19(5)26(36-27)20-12-9-8-10-13-20/h8-16,25,30H,6-7H2,1-5H3. The van der Waals surface area contributed by atoms with Crippen LogP contribution in [0.3, 0.4) is 0 Å². The predicted molar refractivity (Wildman–Crippen MR) is 142 cm³/mol. The number of nitrogens with zero attached hydrogens (tertiary/aromatic N) is 1. The Morgan fingerprint density at radius 1 is 0.861 bits per heavy atom. The first-order valence-electron chi connectivity index (χ1n) is 12.0. The van der Waals surface area contributed by atoms with Crippen molar-refractivity contribution in [2.24, 2.45) is 0 Å². The van der Waals surface area contributed by atoms with Gasteiger partial charge < -0.3 is 14.8 Å². The summed E-state index contributed by atoms with van der Waals surface area (Å²) in [4.78, 5) is 32.1. The number of thiazole rings is 1. The first-order chi connectivity index (χ1) is 17.3. The smallest absolute Gasteiger partial charge is 0.336 e. The van der Waals surface area contributed by atoms with E-state index in [4.69, 9.17) is 14.5 Å². The second-order valence-corrected chi connectivity index (χ2v) is 9.50. The van der Waals surface area contributed by atoms with Gasteiger partial charge in [0.15, 0.2) is 0 Å². The molecule has 0 saturated heterocycles. The number of allylic oxidation sites excluding steroid dienone is 2. The average molecular weight is 503 g/mol. The fourth-order valence-corrected chi connectivity index (χ4v) is 5.58. The van der Waals surface area contributed by atoms with Gasteiger partial charge in [-0.15, -0.1) is 11.3 Å². The zero-order chi connectivity index (χ0) is 25.8. The molecule has 2 aromatic carbocycles. The molecule has 0 fully saturated rings. The maximum absolute atomic E-state index is 13.1. The van der Waals surface area contributed by atoms with Crippen LogP contribution in [0.4, 0.5) is 0 Å². The Balaban J connectivity index is 1.83. The van der Waals surface area contributed by atoms with Gasteiger partial charge in [0, 0.05) is 17.0 Å². The molecule has 0 aliphatic carbocycles. The number of rotatable bonds is 7. The average Bonchev–Trinajstić information content (AvgIpc) is 3.26. The molecule has 0 radical (unpaired) electrons. The monoisotopic (exact) mass is 502 g/mol. The Bertz CT molecular complexity index is 1310. The van der Waals surface area contributed by atoms with Crippen LogP contribution in [0, 0.1) is 6.92 Å². The van der Waals surface area contributed by atoms with E-state index >= 15 is 0 Å². The molecule has 1 aliphatic rings. The molecule has 3 aromatic rings. The number of carbonyl (C=O) groups is 2. The number of carbonyl (C=O) groups excluding carboxylic acids is 2. The van der Waals surface area contributed by atoms with E-state index < -0.39 is 17.9 Å². The minimum atomic E-state index is -0.626. The second kappa shape index (κ2) is 10.9. The lowest BCUT2D eigenvalue weighted by Gasteiger charge is -2.30. The highest BCUT2D eigenvalue weighted by Gasteiger charge is 2.38. The first kappa shape index (κ1) is 25.4. The van der Waals surface area contributed by atoms with Gasteiger partial charge >= 0.3 is 11.9 Å². The van der Waals surface area contributed by atoms with Gasteiger partial charge in [-0.3, -0.25) is 0 Å². The number of hydrogen-bond acceptors (Lipinski definition) is 7. The lowest BCUT2D eigenvalue weighted by atomic mass is 9.80. The Kier molecular flexibility index (Phi) is 7.70. The number of benzene rings is 2. The summed E-state index contributed by atoms with van der Waals surface area (Å²) in [5.41, 5.74) is 5.93. The van der Waals surface area contributed by atoms with E-state index in [0.717, 1.165) is 32.3 Å². The van der Waals surface area contributed by atoms with Gasteiger partial charge in [0.05, 0.1) is 40.8 Å². The number of esters is 2. The van der Waals surface area contributed by atoms with Crippen LogP contribution >= 0.6 is 11.3 Å². The lowest BCUT2D eigenvalue weighted by Crippen LogP contribution is -2.32. The lowest BCUT2D eigenvalue weighted by molar-refractivity contribution is -0.139. The van der Waals surface area contributed by atoms with Gasteiger partial charge in [0.1, 0.15) is 5.01 Å². The molecule has 0 spiro atoms. The quantitative estimate of drug-likeness (QED) is 0.391. The summed E-state index contributed by atoms with van der Waals surface area (Å²) in [6.07, 6.45) is 0. The van der Waals surface area contributed by atoms with E-state index in [1.54, 1.807) is 25.2 Å². The van der Waals surface area contributed by atoms with Gasteiger partial charge in [0.2, 0.25) is 0 Å². The summed E-state index contributed by atoms with van der Waals surface area (Å²) in [6, 6.07) is 18.0. The van der Waals surface area contributed by atoms with E-state index in [1.807, 2.05) is 63.2 Å². The SMILES string of the molecule is CCOC(=O)C1=C(C)NC(C)=C(C(=O)OCC)C1c1cccc(-c2nc(C)c(-c3ccccc3)s2)c1. The molecule has 1 aromatic heterocycles. The van der Waals surface area contributed by atoms with Gasteiger partial charge in [-0.2, -0.15) is 0 Å². The maximum Gasteiger partial charge on any atom is 0.336 e. The van der Waals surface area contributed by atoms with E-state index in [0.29, 0.717) is 22.5 Å². The van der Waals surface area contributed by atoms with Gasteiger partial charge in [-0.25, -0.2) is 14.6 Å². The largest absolute Gasteiger partial charge is 0.463 e. The van der Waals surface area contributed by atoms with Crippen molar-refractivity contribution >= 4 is 23.3 Å². The molecule has 1 aliphatic heterocycles. The van der Waals surface area contributed by atoms with E-state index in [2.05, 4.69) is 17.4 Å². The number of aromatic nitrogens is 1. The molecule has 1 N–H and O–H groups in total. The number of hydrogen-bond donors (Lipinski definition) is 1. The summed E-state index contributed by atoms with van der Waals surface area (Å²) in [7, 11) is 0. The predicted octanol–water partition coefficient (Wildman–Crippen LogP) is 6.15. The minimum Gasteiger partial charge on any atom is -0.463 e. The summed E-state index contributed by atoms with van der Waals surface area (Å²) in [5.74, 6) is -1.54. The van der Waals surface area contributed by atoms with Gasteiger partial charge in [-0.05, 0) is 51.8 Å². The fraction of sp³-hybridized carbons (Fsp3) is 0.276. The van der Waals surface area contributed by atoms with Crippen molar-refractivity contribution in [3.63, 3.8) is 0 Å². The Morgan fingerprint density at radius 2 is 1.44 bits per heavy atom. The van der Waals surface area contributed by atoms with E-state index in [9.17, 15) is 9.59 Å². The van der Waals surface area contributed by atoms with Gasteiger partial charge in [-0.1, -0.05) is 48.5 Å². The Morgan fingerprint density at radius 3 is 2.03 bits per heavy atom. The van der Waals surface area contributed by atoms with Crippen molar-refractivity contribution in [3.05, 3.63) is 88.4 Å². The van der Waals surface area contributed by atoms with Crippen LogP contribution in [0.5, 0.6) is 0 Å². The van der Waals surface area contributed by atoms with Crippen molar-refractivity contribution in [1.82, 2.24) is 10.3 Å². The van der Waals surface area contributed by atoms with Crippen LogP contribution in [-0.4, -0.2) is 30.1 Å². The molecule has 0 saturated carbocycles. The molecule has 7 heteroatoms. The normalized spacial score (nSPS) is 14.0. The zero-order valence-electron chi connectivity index (χ0n) is 21.2. The summed E-state index contributed by atoms with van der Waals surface area (Å²) in [6.45, 7) is 9.66. The molecular formula is C29H30N2O4S. The van der Waals surface area contributed by atoms with Crippen molar-refractivity contribution in [1.29, 1.82) is 0 Å². The molecule has 186 valence electrons. The van der Waals surface area contributed by atoms with Crippen molar-refractivity contribution < 1.29 is 19.1 Å². The third-order valence-electron chi connectivity index (χ3n) is 6.05. The second-order valence-electron chi connectivity index (χ2n) is 8.50. The highest BCUT2D eigenvalue weighted by Crippen LogP contribution is 2.41. The summed E-state index contributed by atoms with van der Waals surface area (Å²) >= 11 is 1.62. The summed E-state index contributed by atoms with van der Waals surface area (Å²) in [5, 5.41) is 4.05. The molecule has 0 amide bonds. The molecule has 4 rings (SSSR count). The van der Waals surface area contributed by atoms with Crippen LogP contribution in [0.2, 0.25) is 0 Å². The fourth-order valence-electron chi connectivity index (χ4n) is 4.51. The first-order valence-corrected chi connectivity index (χ1v) is 12.8. The molecule has 0 bridgehead atoms. The molecule has 0 unspecified atom stereocenters. The van der Waals surface area contributed by atoms with E-state index in [1.165, 1.54) is 0 Å². The Hall–Kier alpha value is -3.71. The highest BCUT2D eigenvalue weighted by molar-refractivity contribution is 7.18. The number of ether oxygens (including phenoxy) is 2. The molecule has 6 nitrogen and oxygen atoms in total. The molecule has 36 heavy (non-hydrogen) atoms. The van der Waals surface area contributed by atoms with E-state index in [-0.39, 0.29) is 13.2 Å². The third kappa shape index (κ3) is 4.97. The van der Waals surface area contributed by atoms with Crippen LogP contribution in [0.25, 0.3) is 21.0 Å². The Labute approximate surface area is 215 Å². The summed E-state index contributed by atoms with van der Waals surface area (Å²) < 4.78 is 10.8. The number of aryl methyl sites for hydroxylation is 1. The molecule has 2 heterocycles. The van der Waals surface area contributed by atoms with Crippen LogP contribution in [0.1, 0.15) is 44.9 Å². The number of nitrogens with one attached hydrogen (secondary N) is 1. The van der Waals surface area contributed by atoms with Crippen molar-refractivity contribution in [3.8, 4) is 21.0 Å². The van der Waals surface area contributed by atoms with Crippen LogP contribution < -0.4 is 5.32 Å². The van der Waals surface area contributed by atoms with Gasteiger partial charge in [0.25, 0.3) is 0 Å². The topological polar surface area (TPSA) is 77.5 Å². The number of dihydropyridines is 1. The van der Waals surface area contributed by atoms with Crippen molar-refractivity contribution in [2.75, 3.05) is 13.2 Å². The third-order valence-corrected chi connectivity index (χ3v) is 7.31. The van der Waals surface area contributed by atoms with Crippen molar-refractivity contribution in [2.45, 2.75) is 40.5 Å². The zero-order valence-corrected chi connectivity index (χ0v) is 22.0. The molecular weight excluding hydrogens is 472 g/mol. The minimum absolute atomic E-state index is 0.237. The van der Waals surface area contributed by atoms with Crippen LogP contribution in [-0.2, 0) is 19.1 Å². The highest BCUT2D eigenvalue weighted by atomic mass is 32.1. The van der Waals surface area contributed by atoms with Crippen LogP contribution in [0.15, 0.2) is 77.1 Å². The maximum atomic E-state index is 13.1. The molecule has 0 atom stereocenters.